The Kier molecular flexibility index (Phi) is 34.8. The third-order valence-corrected chi connectivity index (χ3v) is 1.35. The van der Waals surface area contributed by atoms with Crippen molar-refractivity contribution in [3.8, 4) is 0 Å². The second-order valence-electron chi connectivity index (χ2n) is 4.97. The topological polar surface area (TPSA) is 174 Å². The van der Waals surface area contributed by atoms with Gasteiger partial charge in [-0.1, -0.05) is 0 Å². The third-order valence-electron chi connectivity index (χ3n) is 1.35. The zero-order valence-corrected chi connectivity index (χ0v) is 17.8. The Morgan fingerprint density at radius 2 is 0.840 bits per heavy atom. The first-order valence-electron chi connectivity index (χ1n) is 6.34. The molecule has 0 spiro atoms. The average Bonchev–Trinajstić information content (AvgIpc) is 2.24. The summed E-state index contributed by atoms with van der Waals surface area (Å²) in [6.07, 6.45) is 0. The van der Waals surface area contributed by atoms with E-state index in [-0.39, 0.29) is 49.2 Å². The van der Waals surface area contributed by atoms with Crippen molar-refractivity contribution in [2.45, 2.75) is 0 Å². The summed E-state index contributed by atoms with van der Waals surface area (Å²) in [5.74, 6) is -2.36. The summed E-state index contributed by atoms with van der Waals surface area (Å²) in [6, 6.07) is 0. The van der Waals surface area contributed by atoms with Gasteiger partial charge in [0.15, 0.2) is 0 Å². The number of likely N-dealkylation sites (N-methyl/N-ethyl adjacent to an activating group) is 3. The van der Waals surface area contributed by atoms with E-state index in [4.69, 9.17) is 25.4 Å². The molecule has 0 atom stereocenters. The third kappa shape index (κ3) is 85.0. The Hall–Kier alpha value is -1.31. The van der Waals surface area contributed by atoms with Crippen molar-refractivity contribution < 1.29 is 59.3 Å². The molecule has 0 radical (unpaired) electrons. The molecule has 0 amide bonds. The number of rotatable bonds is 6. The van der Waals surface area contributed by atoms with Crippen molar-refractivity contribution in [3.63, 3.8) is 0 Å². The number of aliphatic carboxylic acids is 3. The smallest absolute Gasteiger partial charge is 0.480 e. The predicted molar refractivity (Wildman–Crippen MR) is 87.7 cm³/mol. The van der Waals surface area contributed by atoms with Crippen molar-refractivity contribution in [2.24, 2.45) is 5.34 Å². The molecule has 0 heterocycles. The fraction of sp³-hybridized carbons (Fsp3) is 0.750. The Labute approximate surface area is 169 Å². The Morgan fingerprint density at radius 3 is 0.840 bits per heavy atom. The van der Waals surface area contributed by atoms with E-state index in [2.05, 4.69) is 0 Å². The van der Waals surface area contributed by atoms with Gasteiger partial charge in [-0.25, -0.2) is 0 Å². The molecule has 0 unspecified atom stereocenters. The van der Waals surface area contributed by atoms with E-state index in [1.54, 1.807) is 57.0 Å². The van der Waals surface area contributed by atoms with Crippen LogP contribution >= 0.6 is 0 Å². The zero-order chi connectivity index (χ0) is 20.3. The summed E-state index contributed by atoms with van der Waals surface area (Å²) in [6.45, 7) is 0.333. The zero-order valence-electron chi connectivity index (χ0n) is 15.8. The maximum atomic E-state index is 9.77. The van der Waals surface area contributed by atoms with E-state index in [0.717, 1.165) is 5.34 Å². The van der Waals surface area contributed by atoms with Gasteiger partial charge in [0.05, 0.1) is 19.6 Å². The van der Waals surface area contributed by atoms with Gasteiger partial charge in [-0.2, -0.15) is 0 Å². The molecule has 25 heavy (non-hydrogen) atoms. The second-order valence-corrected chi connectivity index (χ2v) is 4.97. The summed E-state index contributed by atoms with van der Waals surface area (Å²) in [5.41, 5.74) is 0. The van der Waals surface area contributed by atoms with Crippen LogP contribution in [0.15, 0.2) is 5.34 Å². The second kappa shape index (κ2) is 24.9. The van der Waals surface area contributed by atoms with Crippen LogP contribution in [0, 0.1) is 10.1 Å². The quantitative estimate of drug-likeness (QED) is 0.234. The summed E-state index contributed by atoms with van der Waals surface area (Å²) in [4.78, 5) is 42.1. The number of hydrogen-bond donors (Lipinski definition) is 3. The first kappa shape index (κ1) is 34.9. The van der Waals surface area contributed by atoms with Gasteiger partial charge >= 0.3 is 47.5 Å². The molecule has 0 aromatic heterocycles. The average molecular weight is 378 g/mol. The van der Waals surface area contributed by atoms with Crippen molar-refractivity contribution in [2.75, 3.05) is 61.9 Å². The van der Waals surface area contributed by atoms with E-state index in [9.17, 15) is 14.4 Å². The molecule has 0 aliphatic rings. The fourth-order valence-corrected chi connectivity index (χ4v) is 0.812. The minimum Gasteiger partial charge on any atom is -0.480 e. The molecule has 3 N–H and O–H groups in total. The molecule has 144 valence electrons. The summed E-state index contributed by atoms with van der Waals surface area (Å²) >= 11 is 0. The van der Waals surface area contributed by atoms with Gasteiger partial charge in [0, 0.05) is 0 Å². The van der Waals surface area contributed by atoms with Crippen LogP contribution in [0.4, 0.5) is 0 Å². The molecule has 0 saturated carbocycles. The van der Waals surface area contributed by atoms with Gasteiger partial charge in [-0.3, -0.25) is 29.1 Å². The molecule has 0 aliphatic carbocycles. The van der Waals surface area contributed by atoms with E-state index >= 15 is 0 Å². The molecule has 0 aromatic rings. The van der Waals surface area contributed by atoms with Gasteiger partial charge in [-0.15, -0.1) is 5.34 Å². The number of hydrogen-bond acceptors (Lipinski definition) is 9. The fourth-order valence-electron chi connectivity index (χ4n) is 0.812. The van der Waals surface area contributed by atoms with Crippen LogP contribution in [0.5, 0.6) is 0 Å². The van der Waals surface area contributed by atoms with Crippen LogP contribution in [0.1, 0.15) is 0 Å². The Balaban J connectivity index is -0.0000000727. The number of carboxylic acid groups (broad SMARTS) is 3. The molecular weight excluding hydrogens is 351 g/mol. The summed E-state index contributed by atoms with van der Waals surface area (Å²) in [7, 11) is 10.3. The monoisotopic (exact) mass is 378 g/mol. The standard InChI is InChI=1S/3C4H9NO2.HNO2.Na/c3*1-5(2)3-4(6)7;2-1-3;/h3*3H2,1-2H3,(H,6,7);(H,2,3);/q;;;;+1/p-1. The van der Waals surface area contributed by atoms with Crippen molar-refractivity contribution in [3.05, 3.63) is 10.1 Å². The van der Waals surface area contributed by atoms with Crippen LogP contribution in [0.3, 0.4) is 0 Å². The van der Waals surface area contributed by atoms with Gasteiger partial charge in [0.25, 0.3) is 0 Å². The molecule has 0 bridgehead atoms. The largest absolute Gasteiger partial charge is 1.00 e. The Bertz CT molecular complexity index is 306. The number of nitrogens with zero attached hydrogens (tertiary/aromatic N) is 4. The van der Waals surface area contributed by atoms with Crippen molar-refractivity contribution >= 4 is 17.9 Å². The Morgan fingerprint density at radius 1 is 0.720 bits per heavy atom. The molecule has 13 heteroatoms. The van der Waals surface area contributed by atoms with Crippen LogP contribution in [0.25, 0.3) is 0 Å². The first-order valence-corrected chi connectivity index (χ1v) is 6.34. The first-order chi connectivity index (χ1) is 10.8. The van der Waals surface area contributed by atoms with Crippen molar-refractivity contribution in [1.29, 1.82) is 0 Å². The van der Waals surface area contributed by atoms with Gasteiger partial charge in [0.2, 0.25) is 0 Å². The van der Waals surface area contributed by atoms with E-state index in [0.29, 0.717) is 0 Å². The molecular formula is C12H27N4NaO8. The van der Waals surface area contributed by atoms with Gasteiger partial charge in [0.1, 0.15) is 0 Å². The molecule has 12 nitrogen and oxygen atoms in total. The summed E-state index contributed by atoms with van der Waals surface area (Å²) in [5, 5.41) is 33.1. The molecule has 0 aromatic carbocycles. The van der Waals surface area contributed by atoms with Crippen LogP contribution in [0.2, 0.25) is 0 Å². The molecule has 0 aliphatic heterocycles. The maximum Gasteiger partial charge on any atom is 1.00 e. The normalized spacial score (nSPS) is 8.52. The van der Waals surface area contributed by atoms with Crippen LogP contribution in [-0.2, 0) is 14.4 Å². The number of carbonyl (C=O) groups is 3. The molecule has 0 rings (SSSR count). The van der Waals surface area contributed by atoms with E-state index < -0.39 is 17.9 Å². The van der Waals surface area contributed by atoms with Crippen molar-refractivity contribution in [1.82, 2.24) is 14.7 Å². The van der Waals surface area contributed by atoms with E-state index in [1.165, 1.54) is 0 Å². The predicted octanol–water partition coefficient (Wildman–Crippen LogP) is -3.85. The van der Waals surface area contributed by atoms with Crippen LogP contribution in [-0.4, -0.2) is 110 Å². The minimum atomic E-state index is -0.787. The van der Waals surface area contributed by atoms with Gasteiger partial charge in [-0.05, 0) is 42.3 Å². The molecule has 0 fully saturated rings. The number of carboxylic acids is 3. The minimum absolute atomic E-state index is 0. The molecule has 0 saturated heterocycles. The van der Waals surface area contributed by atoms with Gasteiger partial charge < -0.3 is 25.4 Å². The van der Waals surface area contributed by atoms with E-state index in [1.807, 2.05) is 0 Å². The van der Waals surface area contributed by atoms with Crippen LogP contribution < -0.4 is 29.6 Å². The maximum absolute atomic E-state index is 9.77. The SMILES string of the molecule is CN(C)CC(=O)O.CN(C)CC(=O)O.CN(C)CC(=O)O.O=N[O-].[Na+]. The summed E-state index contributed by atoms with van der Waals surface area (Å²) < 4.78 is 0.